The van der Waals surface area contributed by atoms with E-state index in [4.69, 9.17) is 0 Å². The van der Waals surface area contributed by atoms with Gasteiger partial charge < -0.3 is 5.32 Å². The van der Waals surface area contributed by atoms with Crippen molar-refractivity contribution in [2.24, 2.45) is 0 Å². The van der Waals surface area contributed by atoms with Crippen molar-refractivity contribution in [3.8, 4) is 0 Å². The number of para-hydroxylation sites is 1. The number of hydrogen-bond acceptors (Lipinski definition) is 8. The number of anilines is 2. The molecule has 148 valence electrons. The van der Waals surface area contributed by atoms with E-state index in [1.54, 1.807) is 6.07 Å². The second-order valence-electron chi connectivity index (χ2n) is 5.45. The number of nitro groups is 1. The fourth-order valence-corrected chi connectivity index (χ4v) is 3.65. The molecule has 29 heavy (non-hydrogen) atoms. The molecule has 0 bridgehead atoms. The van der Waals surface area contributed by atoms with Gasteiger partial charge in [-0.1, -0.05) is 35.2 Å². The first-order valence-electron chi connectivity index (χ1n) is 7.99. The molecule has 0 aliphatic carbocycles. The lowest BCUT2D eigenvalue weighted by molar-refractivity contribution is -0.384. The Morgan fingerprint density at radius 3 is 2.52 bits per heavy atom. The minimum atomic E-state index is -0.557. The van der Waals surface area contributed by atoms with Crippen LogP contribution in [0.2, 0.25) is 0 Å². The van der Waals surface area contributed by atoms with E-state index in [1.165, 1.54) is 42.5 Å². The molecule has 2 aromatic carbocycles. The van der Waals surface area contributed by atoms with Crippen molar-refractivity contribution in [1.29, 1.82) is 0 Å². The monoisotopic (exact) mass is 433 g/mol. The Morgan fingerprint density at radius 2 is 1.83 bits per heavy atom. The molecule has 0 atom stereocenters. The Labute approximate surface area is 171 Å². The lowest BCUT2D eigenvalue weighted by Gasteiger charge is -2.04. The average molecular weight is 433 g/mol. The standard InChI is InChI=1S/C17H12FN5O4S2/c18-12-3-1-2-4-13(12)19-14(24)9-28-17-22-21-16(29-17)20-15(25)10-5-7-11(8-6-10)23(26)27/h1-8H,9H2,(H,19,24)(H,20,21,25). The highest BCUT2D eigenvalue weighted by molar-refractivity contribution is 8.01. The zero-order valence-corrected chi connectivity index (χ0v) is 16.1. The first-order valence-corrected chi connectivity index (χ1v) is 9.79. The summed E-state index contributed by atoms with van der Waals surface area (Å²) >= 11 is 2.15. The quantitative estimate of drug-likeness (QED) is 0.252. The van der Waals surface area contributed by atoms with Crippen LogP contribution in [0.1, 0.15) is 10.4 Å². The molecule has 0 unspecified atom stereocenters. The molecule has 0 spiro atoms. The zero-order valence-electron chi connectivity index (χ0n) is 14.5. The van der Waals surface area contributed by atoms with Crippen LogP contribution in [0.3, 0.4) is 0 Å². The van der Waals surface area contributed by atoms with E-state index in [-0.39, 0.29) is 27.8 Å². The maximum absolute atomic E-state index is 13.5. The summed E-state index contributed by atoms with van der Waals surface area (Å²) in [5, 5.41) is 23.5. The highest BCUT2D eigenvalue weighted by Crippen LogP contribution is 2.26. The number of carbonyl (C=O) groups is 2. The van der Waals surface area contributed by atoms with Gasteiger partial charge >= 0.3 is 0 Å². The van der Waals surface area contributed by atoms with Crippen LogP contribution in [0.25, 0.3) is 0 Å². The largest absolute Gasteiger partial charge is 0.323 e. The molecule has 9 nitrogen and oxygen atoms in total. The second kappa shape index (κ2) is 9.21. The molecular formula is C17H12FN5O4S2. The number of non-ortho nitro benzene ring substituents is 1. The Morgan fingerprint density at radius 1 is 1.10 bits per heavy atom. The van der Waals surface area contributed by atoms with Crippen LogP contribution in [-0.4, -0.2) is 32.7 Å². The summed E-state index contributed by atoms with van der Waals surface area (Å²) in [7, 11) is 0. The zero-order chi connectivity index (χ0) is 20.8. The Hall–Kier alpha value is -3.38. The Bertz CT molecular complexity index is 1060. The van der Waals surface area contributed by atoms with Gasteiger partial charge in [-0.25, -0.2) is 4.39 Å². The summed E-state index contributed by atoms with van der Waals surface area (Å²) in [5.74, 6) is -1.45. The average Bonchev–Trinajstić information content (AvgIpc) is 3.15. The number of nitrogens with one attached hydrogen (secondary N) is 2. The first-order chi connectivity index (χ1) is 13.9. The van der Waals surface area contributed by atoms with Gasteiger partial charge in [-0.05, 0) is 24.3 Å². The summed E-state index contributed by atoms with van der Waals surface area (Å²) in [6.07, 6.45) is 0. The Kier molecular flexibility index (Phi) is 6.46. The second-order valence-corrected chi connectivity index (χ2v) is 7.65. The van der Waals surface area contributed by atoms with E-state index in [1.807, 2.05) is 0 Å². The lowest BCUT2D eigenvalue weighted by Crippen LogP contribution is -2.14. The Balaban J connectivity index is 1.52. The van der Waals surface area contributed by atoms with Crippen molar-refractivity contribution in [1.82, 2.24) is 10.2 Å². The van der Waals surface area contributed by atoms with Crippen molar-refractivity contribution in [2.45, 2.75) is 4.34 Å². The van der Waals surface area contributed by atoms with Crippen molar-refractivity contribution in [3.63, 3.8) is 0 Å². The van der Waals surface area contributed by atoms with E-state index in [0.29, 0.717) is 4.34 Å². The molecule has 0 radical (unpaired) electrons. The molecule has 1 aromatic heterocycles. The summed E-state index contributed by atoms with van der Waals surface area (Å²) in [5.41, 5.74) is 0.195. The van der Waals surface area contributed by atoms with Crippen LogP contribution in [0.5, 0.6) is 0 Å². The third-order valence-electron chi connectivity index (χ3n) is 3.44. The van der Waals surface area contributed by atoms with Crippen LogP contribution in [0.15, 0.2) is 52.9 Å². The highest BCUT2D eigenvalue weighted by atomic mass is 32.2. The number of nitro benzene ring substituents is 1. The minimum absolute atomic E-state index is 0.0146. The van der Waals surface area contributed by atoms with Crippen LogP contribution in [-0.2, 0) is 4.79 Å². The van der Waals surface area contributed by atoms with Gasteiger partial charge in [0.15, 0.2) is 4.34 Å². The fourth-order valence-electron chi connectivity index (χ4n) is 2.10. The van der Waals surface area contributed by atoms with Crippen LogP contribution in [0.4, 0.5) is 20.9 Å². The van der Waals surface area contributed by atoms with Gasteiger partial charge in [-0.3, -0.25) is 25.0 Å². The van der Waals surface area contributed by atoms with Crippen molar-refractivity contribution in [3.05, 3.63) is 70.0 Å². The maximum Gasteiger partial charge on any atom is 0.269 e. The molecule has 0 fully saturated rings. The number of halogens is 1. The maximum atomic E-state index is 13.5. The number of aromatic nitrogens is 2. The van der Waals surface area contributed by atoms with Crippen LogP contribution >= 0.6 is 23.1 Å². The molecule has 2 amide bonds. The molecule has 1 heterocycles. The number of hydrogen-bond donors (Lipinski definition) is 2. The summed E-state index contributed by atoms with van der Waals surface area (Å²) < 4.78 is 14.0. The van der Waals surface area contributed by atoms with Crippen molar-refractivity contribution >= 4 is 51.4 Å². The molecular weight excluding hydrogens is 421 g/mol. The van der Waals surface area contributed by atoms with Crippen molar-refractivity contribution in [2.75, 3.05) is 16.4 Å². The van der Waals surface area contributed by atoms with Gasteiger partial charge in [0, 0.05) is 17.7 Å². The number of carbonyl (C=O) groups excluding carboxylic acids is 2. The third-order valence-corrected chi connectivity index (χ3v) is 5.41. The van der Waals surface area contributed by atoms with E-state index in [9.17, 15) is 24.1 Å². The van der Waals surface area contributed by atoms with Crippen LogP contribution < -0.4 is 10.6 Å². The smallest absolute Gasteiger partial charge is 0.269 e. The molecule has 0 aliphatic heterocycles. The van der Waals surface area contributed by atoms with Gasteiger partial charge in [-0.15, -0.1) is 10.2 Å². The summed E-state index contributed by atoms with van der Waals surface area (Å²) in [6, 6.07) is 10.9. The van der Waals surface area contributed by atoms with E-state index in [2.05, 4.69) is 20.8 Å². The summed E-state index contributed by atoms with van der Waals surface area (Å²) in [4.78, 5) is 34.2. The molecule has 12 heteroatoms. The van der Waals surface area contributed by atoms with Gasteiger partial charge in [0.25, 0.3) is 11.6 Å². The SMILES string of the molecule is O=C(CSc1nnc(NC(=O)c2ccc([N+](=O)[O-])cc2)s1)Nc1ccccc1F. The molecule has 0 aliphatic rings. The number of amides is 2. The highest BCUT2D eigenvalue weighted by Gasteiger charge is 2.14. The lowest BCUT2D eigenvalue weighted by atomic mass is 10.2. The number of rotatable bonds is 7. The molecule has 3 rings (SSSR count). The van der Waals surface area contributed by atoms with Gasteiger partial charge in [0.1, 0.15) is 5.82 Å². The number of nitrogens with zero attached hydrogens (tertiary/aromatic N) is 3. The van der Waals surface area contributed by atoms with E-state index >= 15 is 0 Å². The normalized spacial score (nSPS) is 10.4. The van der Waals surface area contributed by atoms with Crippen LogP contribution in [0, 0.1) is 15.9 Å². The fraction of sp³-hybridized carbons (Fsp3) is 0.0588. The summed E-state index contributed by atoms with van der Waals surface area (Å²) in [6.45, 7) is 0. The molecule has 0 saturated carbocycles. The number of benzene rings is 2. The number of thioether (sulfide) groups is 1. The predicted molar refractivity (Wildman–Crippen MR) is 107 cm³/mol. The first kappa shape index (κ1) is 20.4. The van der Waals surface area contributed by atoms with E-state index in [0.717, 1.165) is 23.1 Å². The molecule has 0 saturated heterocycles. The predicted octanol–water partition coefficient (Wildman–Crippen LogP) is 3.57. The molecule has 3 aromatic rings. The third kappa shape index (κ3) is 5.56. The topological polar surface area (TPSA) is 127 Å². The van der Waals surface area contributed by atoms with E-state index < -0.39 is 22.6 Å². The van der Waals surface area contributed by atoms with Gasteiger partial charge in [0.05, 0.1) is 16.4 Å². The van der Waals surface area contributed by atoms with Crippen molar-refractivity contribution < 1.29 is 18.9 Å². The molecule has 2 N–H and O–H groups in total. The van der Waals surface area contributed by atoms with Gasteiger partial charge in [0.2, 0.25) is 11.0 Å². The van der Waals surface area contributed by atoms with Gasteiger partial charge in [-0.2, -0.15) is 0 Å². The minimum Gasteiger partial charge on any atom is -0.323 e.